The number of hydrogen-bond donors (Lipinski definition) is 2. The highest BCUT2D eigenvalue weighted by molar-refractivity contribution is 5.93. The van der Waals surface area contributed by atoms with Gasteiger partial charge in [0, 0.05) is 32.9 Å². The van der Waals surface area contributed by atoms with Gasteiger partial charge in [-0.3, -0.25) is 4.98 Å². The molecule has 0 fully saturated rings. The molecule has 4 heteroatoms. The molecule has 0 amide bonds. The van der Waals surface area contributed by atoms with Gasteiger partial charge in [-0.2, -0.15) is 0 Å². The lowest BCUT2D eigenvalue weighted by molar-refractivity contribution is 0.189. The maximum Gasteiger partial charge on any atom is 0.0722 e. The standard InChI is InChI=1S/C36H48N4/c1-9-26-27(10-2)32-29(12-4)34-36(15-7,16-8)35(13-5,14-6)33(40-34)28(11-3)30-20-19-24(38-30)21-23-17-18-25(37-23)22-31(26)39-32/h17-22,37-38H,9-16H2,1-8H3. The molecule has 0 unspecified atom stereocenters. The molecule has 5 rings (SSSR count). The molecule has 0 radical (unpaired) electrons. The van der Waals surface area contributed by atoms with Crippen molar-refractivity contribution in [3.63, 3.8) is 0 Å². The van der Waals surface area contributed by atoms with Crippen LogP contribution >= 0.6 is 0 Å². The summed E-state index contributed by atoms with van der Waals surface area (Å²) in [5.74, 6) is 0. The van der Waals surface area contributed by atoms with Crippen molar-refractivity contribution in [2.45, 2.75) is 118 Å². The summed E-state index contributed by atoms with van der Waals surface area (Å²) < 4.78 is 0. The molecule has 8 bridgehead atoms. The van der Waals surface area contributed by atoms with Crippen molar-refractivity contribution in [1.29, 1.82) is 0 Å². The van der Waals surface area contributed by atoms with E-state index in [1.165, 1.54) is 44.9 Å². The SMILES string of the molecule is CCC1=C(CC)c2nc1cc1ccc(cc3ccc([nH]3)c(CC)c3nc(c2CC)C(CC)(CC)C3(CC)CC)[nH]1. The second kappa shape index (κ2) is 11.0. The summed E-state index contributed by atoms with van der Waals surface area (Å²) in [6.45, 7) is 18.7. The second-order valence-electron chi connectivity index (χ2n) is 11.5. The Labute approximate surface area is 240 Å². The zero-order valence-corrected chi connectivity index (χ0v) is 26.0. The molecule has 0 spiro atoms. The van der Waals surface area contributed by atoms with Crippen LogP contribution in [0.25, 0.3) is 33.2 Å². The third kappa shape index (κ3) is 4.01. The van der Waals surface area contributed by atoms with Crippen LogP contribution in [0.5, 0.6) is 0 Å². The number of nitrogens with zero attached hydrogens (tertiary/aromatic N) is 2. The van der Waals surface area contributed by atoms with Gasteiger partial charge in [-0.05, 0) is 110 Å². The van der Waals surface area contributed by atoms with Gasteiger partial charge in [0.05, 0.1) is 22.8 Å². The van der Waals surface area contributed by atoms with Gasteiger partial charge in [0.15, 0.2) is 0 Å². The van der Waals surface area contributed by atoms with Crippen molar-refractivity contribution in [2.75, 3.05) is 0 Å². The van der Waals surface area contributed by atoms with Gasteiger partial charge in [0.25, 0.3) is 0 Å². The highest BCUT2D eigenvalue weighted by Gasteiger charge is 2.56. The average molecular weight is 537 g/mol. The van der Waals surface area contributed by atoms with E-state index in [1.54, 1.807) is 0 Å². The molecule has 0 saturated carbocycles. The zero-order chi connectivity index (χ0) is 28.7. The molecule has 0 aromatic carbocycles. The van der Waals surface area contributed by atoms with Crippen molar-refractivity contribution in [2.24, 2.45) is 0 Å². The predicted octanol–water partition coefficient (Wildman–Crippen LogP) is 9.99. The monoisotopic (exact) mass is 536 g/mol. The van der Waals surface area contributed by atoms with Gasteiger partial charge in [-0.25, -0.2) is 4.98 Å². The summed E-state index contributed by atoms with van der Waals surface area (Å²) in [7, 11) is 0. The molecular weight excluding hydrogens is 488 g/mol. The molecule has 2 aliphatic heterocycles. The lowest BCUT2D eigenvalue weighted by Gasteiger charge is -2.46. The van der Waals surface area contributed by atoms with Crippen LogP contribution in [0.3, 0.4) is 0 Å². The number of aromatic nitrogens is 4. The molecule has 4 nitrogen and oxygen atoms in total. The normalized spacial score (nSPS) is 16.1. The summed E-state index contributed by atoms with van der Waals surface area (Å²) in [4.78, 5) is 18.6. The lowest BCUT2D eigenvalue weighted by atomic mass is 9.55. The maximum absolute atomic E-state index is 5.79. The van der Waals surface area contributed by atoms with Crippen LogP contribution in [-0.2, 0) is 23.7 Å². The second-order valence-corrected chi connectivity index (χ2v) is 11.5. The van der Waals surface area contributed by atoms with Crippen molar-refractivity contribution in [3.05, 3.63) is 70.3 Å². The molecule has 2 N–H and O–H groups in total. The average Bonchev–Trinajstić information content (AvgIpc) is 3.75. The molecular formula is C36H48N4. The summed E-state index contributed by atoms with van der Waals surface area (Å²) in [6.07, 6.45) is 8.13. The Bertz CT molecular complexity index is 1590. The van der Waals surface area contributed by atoms with Crippen LogP contribution in [0, 0.1) is 0 Å². The molecule has 212 valence electrons. The predicted molar refractivity (Wildman–Crippen MR) is 172 cm³/mol. The van der Waals surface area contributed by atoms with Crippen LogP contribution in [0.15, 0.2) is 36.4 Å². The van der Waals surface area contributed by atoms with Crippen LogP contribution in [0.2, 0.25) is 0 Å². The van der Waals surface area contributed by atoms with Crippen molar-refractivity contribution in [1.82, 2.24) is 19.9 Å². The van der Waals surface area contributed by atoms with Crippen molar-refractivity contribution < 1.29 is 0 Å². The summed E-state index contributed by atoms with van der Waals surface area (Å²) in [5.41, 5.74) is 14.8. The largest absolute Gasteiger partial charge is 0.355 e. The number of H-pyrrole nitrogens is 2. The Hall–Kier alpha value is -3.14. The number of aromatic amines is 2. The van der Waals surface area contributed by atoms with Crippen LogP contribution in [0.4, 0.5) is 0 Å². The maximum atomic E-state index is 5.79. The Morgan fingerprint density at radius 3 is 1.62 bits per heavy atom. The first-order chi connectivity index (χ1) is 19.4. The van der Waals surface area contributed by atoms with Gasteiger partial charge in [-0.1, -0.05) is 55.4 Å². The van der Waals surface area contributed by atoms with E-state index in [1.807, 2.05) is 0 Å². The topological polar surface area (TPSA) is 57.4 Å². The Balaban J connectivity index is 2.09. The van der Waals surface area contributed by atoms with E-state index in [0.29, 0.717) is 0 Å². The number of aryl methyl sites for hydroxylation is 1. The van der Waals surface area contributed by atoms with Gasteiger partial charge in [0.1, 0.15) is 0 Å². The molecule has 0 saturated heterocycles. The van der Waals surface area contributed by atoms with E-state index < -0.39 is 0 Å². The van der Waals surface area contributed by atoms with E-state index in [0.717, 1.165) is 73.6 Å². The van der Waals surface area contributed by atoms with Crippen molar-refractivity contribution in [3.8, 4) is 0 Å². The van der Waals surface area contributed by atoms with Gasteiger partial charge in [0.2, 0.25) is 0 Å². The first-order valence-electron chi connectivity index (χ1n) is 15.9. The van der Waals surface area contributed by atoms with Crippen LogP contribution in [-0.4, -0.2) is 19.9 Å². The van der Waals surface area contributed by atoms with E-state index in [-0.39, 0.29) is 10.8 Å². The first kappa shape index (κ1) is 28.4. The summed E-state index contributed by atoms with van der Waals surface area (Å²) >= 11 is 0. The zero-order valence-electron chi connectivity index (χ0n) is 26.0. The first-order valence-corrected chi connectivity index (χ1v) is 15.9. The number of fused-ring (bicyclic) bond motifs is 8. The van der Waals surface area contributed by atoms with Crippen LogP contribution < -0.4 is 0 Å². The molecule has 3 aromatic rings. The van der Waals surface area contributed by atoms with Crippen LogP contribution in [0.1, 0.15) is 128 Å². The van der Waals surface area contributed by atoms with E-state index in [9.17, 15) is 0 Å². The third-order valence-corrected chi connectivity index (χ3v) is 10.3. The minimum Gasteiger partial charge on any atom is -0.355 e. The van der Waals surface area contributed by atoms with Crippen molar-refractivity contribution >= 4 is 33.2 Å². The Morgan fingerprint density at radius 1 is 0.550 bits per heavy atom. The highest BCUT2D eigenvalue weighted by Crippen LogP contribution is 2.57. The van der Waals surface area contributed by atoms with E-state index >= 15 is 0 Å². The smallest absolute Gasteiger partial charge is 0.0722 e. The van der Waals surface area contributed by atoms with Gasteiger partial charge < -0.3 is 9.97 Å². The third-order valence-electron chi connectivity index (χ3n) is 10.3. The molecule has 2 aliphatic rings. The summed E-state index contributed by atoms with van der Waals surface area (Å²) in [5, 5.41) is 0. The molecule has 5 heterocycles. The minimum absolute atomic E-state index is 0.0178. The molecule has 3 aromatic heterocycles. The lowest BCUT2D eigenvalue weighted by Crippen LogP contribution is -2.45. The Morgan fingerprint density at radius 2 is 1.07 bits per heavy atom. The van der Waals surface area contributed by atoms with E-state index in [2.05, 4.69) is 102 Å². The molecule has 0 atom stereocenters. The fourth-order valence-electron chi connectivity index (χ4n) is 8.23. The molecule has 40 heavy (non-hydrogen) atoms. The van der Waals surface area contributed by atoms with Gasteiger partial charge in [-0.15, -0.1) is 0 Å². The molecule has 0 aliphatic carbocycles. The number of rotatable bonds is 8. The van der Waals surface area contributed by atoms with Gasteiger partial charge >= 0.3 is 0 Å². The fraction of sp³-hybridized carbons (Fsp3) is 0.500. The van der Waals surface area contributed by atoms with E-state index in [4.69, 9.17) is 9.97 Å². The highest BCUT2D eigenvalue weighted by atomic mass is 14.9. The number of hydrogen-bond acceptors (Lipinski definition) is 2. The quantitative estimate of drug-likeness (QED) is 0.301. The fourth-order valence-corrected chi connectivity index (χ4v) is 8.23. The Kier molecular flexibility index (Phi) is 7.83. The summed E-state index contributed by atoms with van der Waals surface area (Å²) in [6, 6.07) is 13.2. The number of nitrogens with one attached hydrogen (secondary N) is 2. The minimum atomic E-state index is -0.0265. The number of allylic oxidation sites excluding steroid dienone is 2.